The molecule has 0 aromatic heterocycles. The predicted molar refractivity (Wildman–Crippen MR) is 111 cm³/mol. The third-order valence-corrected chi connectivity index (χ3v) is 7.18. The number of carboxylic acid groups (broad SMARTS) is 1. The molecule has 1 saturated carbocycles. The molecule has 2 heterocycles. The summed E-state index contributed by atoms with van der Waals surface area (Å²) in [6, 6.07) is 4.66. The average molecular weight is 419 g/mol. The minimum absolute atomic E-state index is 0.177. The average Bonchev–Trinajstić information content (AvgIpc) is 3.03. The van der Waals surface area contributed by atoms with Gasteiger partial charge in [0, 0.05) is 38.4 Å². The Morgan fingerprint density at radius 1 is 1.20 bits per heavy atom. The monoisotopic (exact) mass is 419 g/mol. The van der Waals surface area contributed by atoms with Crippen LogP contribution in [0.15, 0.2) is 18.2 Å². The molecule has 0 radical (unpaired) electrons. The molecule has 1 atom stereocenters. The first-order valence-corrected chi connectivity index (χ1v) is 10.8. The summed E-state index contributed by atoms with van der Waals surface area (Å²) in [6.07, 6.45) is 4.21. The second-order valence-corrected chi connectivity index (χ2v) is 8.99. The van der Waals surface area contributed by atoms with Crippen LogP contribution in [0.4, 0.5) is 20.6 Å². The van der Waals surface area contributed by atoms with Crippen LogP contribution in [0.1, 0.15) is 44.9 Å². The molecule has 0 unspecified atom stereocenters. The molecular formula is C22H30FN3O4. The zero-order valence-electron chi connectivity index (χ0n) is 17.4. The van der Waals surface area contributed by atoms with Gasteiger partial charge < -0.3 is 20.0 Å². The third-order valence-electron chi connectivity index (χ3n) is 7.18. The van der Waals surface area contributed by atoms with Crippen molar-refractivity contribution in [3.8, 4) is 0 Å². The second-order valence-electron chi connectivity index (χ2n) is 8.99. The molecule has 1 aliphatic carbocycles. The largest absolute Gasteiger partial charge is 0.465 e. The predicted octanol–water partition coefficient (Wildman–Crippen LogP) is 3.06. The van der Waals surface area contributed by atoms with E-state index in [1.807, 2.05) is 9.80 Å². The number of aliphatic hydroxyl groups is 1. The summed E-state index contributed by atoms with van der Waals surface area (Å²) < 4.78 is 14.9. The number of halogens is 1. The molecule has 164 valence electrons. The van der Waals surface area contributed by atoms with Gasteiger partial charge in [0.05, 0.1) is 17.2 Å². The highest BCUT2D eigenvalue weighted by atomic mass is 19.1. The van der Waals surface area contributed by atoms with Crippen molar-refractivity contribution in [2.75, 3.05) is 36.5 Å². The Kier molecular flexibility index (Phi) is 5.61. The Hall–Kier alpha value is -2.35. The van der Waals surface area contributed by atoms with Gasteiger partial charge in [-0.15, -0.1) is 0 Å². The number of carbonyl (C=O) groups is 2. The number of amides is 2. The number of hydrogen-bond acceptors (Lipinski definition) is 4. The Bertz CT molecular complexity index is 827. The molecule has 1 aromatic carbocycles. The molecule has 2 N–H and O–H groups in total. The van der Waals surface area contributed by atoms with Crippen molar-refractivity contribution in [1.29, 1.82) is 0 Å². The minimum atomic E-state index is -1.15. The Morgan fingerprint density at radius 2 is 1.93 bits per heavy atom. The lowest BCUT2D eigenvalue weighted by Crippen LogP contribution is -2.50. The molecule has 3 aliphatic rings. The fourth-order valence-corrected chi connectivity index (χ4v) is 5.35. The molecule has 30 heavy (non-hydrogen) atoms. The molecule has 2 amide bonds. The maximum Gasteiger partial charge on any atom is 0.411 e. The van der Waals surface area contributed by atoms with E-state index in [2.05, 4.69) is 0 Å². The number of piperidine rings is 1. The first-order chi connectivity index (χ1) is 14.3. The summed E-state index contributed by atoms with van der Waals surface area (Å²) in [4.78, 5) is 29.5. The van der Waals surface area contributed by atoms with Gasteiger partial charge in [-0.1, -0.05) is 0 Å². The second kappa shape index (κ2) is 8.06. The standard InChI is InChI=1S/C22H30FN3O4/c1-24(21(29)30)16-5-8-19(18(23)13-16)25-11-2-9-22(14-25)10-12-26(20(22)28)15-3-6-17(27)7-4-15/h5,8,13,15,17,27H,2-4,6-7,9-12,14H2,1H3,(H,29,30)/t15-,17-,22-/m0/s1. The van der Waals surface area contributed by atoms with Crippen LogP contribution >= 0.6 is 0 Å². The smallest absolute Gasteiger partial charge is 0.411 e. The molecule has 1 spiro atoms. The number of aliphatic hydroxyl groups excluding tert-OH is 1. The van der Waals surface area contributed by atoms with E-state index in [4.69, 9.17) is 5.11 Å². The molecule has 7 nitrogen and oxygen atoms in total. The number of carbonyl (C=O) groups excluding carboxylic acids is 1. The van der Waals surface area contributed by atoms with Crippen molar-refractivity contribution in [3.63, 3.8) is 0 Å². The van der Waals surface area contributed by atoms with Gasteiger partial charge >= 0.3 is 6.09 Å². The minimum Gasteiger partial charge on any atom is -0.465 e. The lowest BCUT2D eigenvalue weighted by molar-refractivity contribution is -0.139. The van der Waals surface area contributed by atoms with Crippen molar-refractivity contribution in [2.24, 2.45) is 5.41 Å². The maximum atomic E-state index is 14.9. The number of hydrogen-bond donors (Lipinski definition) is 2. The van der Waals surface area contributed by atoms with E-state index in [1.54, 1.807) is 12.1 Å². The van der Waals surface area contributed by atoms with E-state index in [0.717, 1.165) is 56.4 Å². The van der Waals surface area contributed by atoms with Crippen LogP contribution < -0.4 is 9.80 Å². The van der Waals surface area contributed by atoms with Crippen LogP contribution in [-0.2, 0) is 4.79 Å². The van der Waals surface area contributed by atoms with E-state index in [-0.39, 0.29) is 23.7 Å². The SMILES string of the molecule is CN(C(=O)O)c1ccc(N2CCC[C@]3(CCN([C@H]4CC[C@H](O)CC4)C3=O)C2)c(F)c1. The summed E-state index contributed by atoms with van der Waals surface area (Å²) >= 11 is 0. The molecule has 8 heteroatoms. The molecule has 0 bridgehead atoms. The number of benzene rings is 1. The van der Waals surface area contributed by atoms with Gasteiger partial charge in [0.1, 0.15) is 5.82 Å². The molecule has 2 aliphatic heterocycles. The van der Waals surface area contributed by atoms with Crippen LogP contribution in [0.3, 0.4) is 0 Å². The van der Waals surface area contributed by atoms with Crippen molar-refractivity contribution in [2.45, 2.75) is 57.1 Å². The van der Waals surface area contributed by atoms with E-state index in [9.17, 15) is 19.1 Å². The van der Waals surface area contributed by atoms with Crippen LogP contribution in [0.5, 0.6) is 0 Å². The van der Waals surface area contributed by atoms with Crippen LogP contribution in [0.2, 0.25) is 0 Å². The van der Waals surface area contributed by atoms with E-state index in [1.165, 1.54) is 13.1 Å². The number of anilines is 2. The highest BCUT2D eigenvalue weighted by molar-refractivity contribution is 5.87. The van der Waals surface area contributed by atoms with E-state index in [0.29, 0.717) is 18.8 Å². The van der Waals surface area contributed by atoms with Gasteiger partial charge in [0.15, 0.2) is 0 Å². The molecule has 3 fully saturated rings. The zero-order chi connectivity index (χ0) is 21.5. The van der Waals surface area contributed by atoms with Crippen LogP contribution in [-0.4, -0.2) is 65.9 Å². The Balaban J connectivity index is 1.49. The summed E-state index contributed by atoms with van der Waals surface area (Å²) in [5, 5.41) is 18.9. The van der Waals surface area contributed by atoms with Gasteiger partial charge in [-0.25, -0.2) is 9.18 Å². The topological polar surface area (TPSA) is 84.3 Å². The van der Waals surface area contributed by atoms with Gasteiger partial charge in [0.2, 0.25) is 5.91 Å². The molecular weight excluding hydrogens is 389 g/mol. The summed E-state index contributed by atoms with van der Waals surface area (Å²) in [6.45, 7) is 1.90. The third kappa shape index (κ3) is 3.73. The highest BCUT2D eigenvalue weighted by Crippen LogP contribution is 2.44. The van der Waals surface area contributed by atoms with Crippen molar-refractivity contribution in [3.05, 3.63) is 24.0 Å². The molecule has 4 rings (SSSR count). The fourth-order valence-electron chi connectivity index (χ4n) is 5.35. The zero-order valence-corrected chi connectivity index (χ0v) is 17.4. The van der Waals surface area contributed by atoms with Gasteiger partial charge in [-0.05, 0) is 63.1 Å². The summed E-state index contributed by atoms with van der Waals surface area (Å²) in [5.74, 6) is -0.294. The molecule has 2 saturated heterocycles. The van der Waals surface area contributed by atoms with Crippen molar-refractivity contribution in [1.82, 2.24) is 4.90 Å². The van der Waals surface area contributed by atoms with Crippen LogP contribution in [0.25, 0.3) is 0 Å². The highest BCUT2D eigenvalue weighted by Gasteiger charge is 2.50. The first kappa shape index (κ1) is 20.9. The summed E-state index contributed by atoms with van der Waals surface area (Å²) in [7, 11) is 1.38. The van der Waals surface area contributed by atoms with Gasteiger partial charge in [-0.3, -0.25) is 9.69 Å². The maximum absolute atomic E-state index is 14.9. The van der Waals surface area contributed by atoms with Crippen LogP contribution in [0, 0.1) is 11.2 Å². The van der Waals surface area contributed by atoms with E-state index >= 15 is 0 Å². The number of nitrogens with zero attached hydrogens (tertiary/aromatic N) is 3. The quantitative estimate of drug-likeness (QED) is 0.787. The Morgan fingerprint density at radius 3 is 2.60 bits per heavy atom. The first-order valence-electron chi connectivity index (χ1n) is 10.8. The number of rotatable bonds is 3. The normalized spacial score (nSPS) is 29.5. The molecule has 1 aromatic rings. The van der Waals surface area contributed by atoms with Crippen molar-refractivity contribution < 1.29 is 24.2 Å². The van der Waals surface area contributed by atoms with Gasteiger partial charge in [0.25, 0.3) is 0 Å². The lowest BCUT2D eigenvalue weighted by Gasteiger charge is -2.41. The number of likely N-dealkylation sites (tertiary alicyclic amines) is 1. The Labute approximate surface area is 176 Å². The lowest BCUT2D eigenvalue weighted by atomic mass is 9.78. The fraction of sp³-hybridized carbons (Fsp3) is 0.636. The van der Waals surface area contributed by atoms with Gasteiger partial charge in [-0.2, -0.15) is 0 Å². The van der Waals surface area contributed by atoms with E-state index < -0.39 is 17.3 Å². The summed E-state index contributed by atoms with van der Waals surface area (Å²) in [5.41, 5.74) is 0.221. The van der Waals surface area contributed by atoms with Crippen molar-refractivity contribution >= 4 is 23.4 Å².